The third-order valence-corrected chi connectivity index (χ3v) is 5.69. The summed E-state index contributed by atoms with van der Waals surface area (Å²) in [5.74, 6) is -0.466. The first-order valence-corrected chi connectivity index (χ1v) is 8.73. The van der Waals surface area contributed by atoms with Crippen LogP contribution in [0.2, 0.25) is 0 Å². The van der Waals surface area contributed by atoms with Crippen molar-refractivity contribution in [2.45, 2.75) is 24.6 Å². The Morgan fingerprint density at radius 2 is 1.68 bits per heavy atom. The highest BCUT2D eigenvalue weighted by Crippen LogP contribution is 2.24. The fourth-order valence-electron chi connectivity index (χ4n) is 2.65. The van der Waals surface area contributed by atoms with Crippen molar-refractivity contribution >= 4 is 10.0 Å². The van der Waals surface area contributed by atoms with E-state index in [-0.39, 0.29) is 17.6 Å². The van der Waals surface area contributed by atoms with E-state index in [1.807, 2.05) is 0 Å². The lowest BCUT2D eigenvalue weighted by molar-refractivity contribution is 0.245. The minimum Gasteiger partial charge on any atom is -0.212 e. The molecule has 0 spiro atoms. The summed E-state index contributed by atoms with van der Waals surface area (Å²) in [6.45, 7) is 0.908. The molecule has 1 fully saturated rings. The minimum absolute atomic E-state index is 0.0992. The normalized spacial score (nSPS) is 17.7. The maximum Gasteiger partial charge on any atom is 0.218 e. The Bertz CT molecular complexity index is 708. The molecule has 1 aromatic carbocycles. The Morgan fingerprint density at radius 3 is 2.27 bits per heavy atom. The fraction of sp³-hybridized carbons (Fsp3) is 0.429. The van der Waals surface area contributed by atoms with Crippen molar-refractivity contribution in [2.24, 2.45) is 0 Å². The van der Waals surface area contributed by atoms with E-state index in [0.717, 1.165) is 0 Å². The highest BCUT2D eigenvalue weighted by Gasteiger charge is 2.29. The molecule has 0 amide bonds. The van der Waals surface area contributed by atoms with Crippen molar-refractivity contribution < 1.29 is 12.8 Å². The fourth-order valence-corrected chi connectivity index (χ4v) is 4.21. The number of benzene rings is 1. The standard InChI is InChI=1S/C14H17FN4O2S/c15-13-3-1-12(2-4-13)11-22(20,21)18-9-5-14(6-10-18)19-16-7-8-17-19/h1-4,7-8,14H,5-6,9-11H2. The highest BCUT2D eigenvalue weighted by atomic mass is 32.2. The molecule has 1 aromatic heterocycles. The minimum atomic E-state index is -3.38. The van der Waals surface area contributed by atoms with Crippen LogP contribution in [0.5, 0.6) is 0 Å². The van der Waals surface area contributed by atoms with Crippen LogP contribution in [0.15, 0.2) is 36.7 Å². The Labute approximate surface area is 128 Å². The molecule has 118 valence electrons. The molecule has 2 heterocycles. The van der Waals surface area contributed by atoms with Crippen LogP contribution >= 0.6 is 0 Å². The van der Waals surface area contributed by atoms with Gasteiger partial charge in [0, 0.05) is 13.1 Å². The summed E-state index contributed by atoms with van der Waals surface area (Å²) >= 11 is 0. The molecule has 6 nitrogen and oxygen atoms in total. The van der Waals surface area contributed by atoms with Crippen molar-refractivity contribution in [3.63, 3.8) is 0 Å². The van der Waals surface area contributed by atoms with E-state index in [0.29, 0.717) is 31.5 Å². The Balaban J connectivity index is 1.63. The zero-order valence-corrected chi connectivity index (χ0v) is 12.8. The summed E-state index contributed by atoms with van der Waals surface area (Å²) in [5, 5.41) is 8.21. The molecule has 0 aliphatic carbocycles. The van der Waals surface area contributed by atoms with Gasteiger partial charge in [0.05, 0.1) is 24.2 Å². The lowest BCUT2D eigenvalue weighted by Gasteiger charge is -2.30. The quantitative estimate of drug-likeness (QED) is 0.856. The van der Waals surface area contributed by atoms with Gasteiger partial charge in [-0.3, -0.25) is 0 Å². The average Bonchev–Trinajstić information content (AvgIpc) is 3.04. The first-order valence-electron chi connectivity index (χ1n) is 7.13. The van der Waals surface area contributed by atoms with Crippen molar-refractivity contribution in [2.75, 3.05) is 13.1 Å². The number of rotatable bonds is 4. The third kappa shape index (κ3) is 3.33. The topological polar surface area (TPSA) is 68.1 Å². The van der Waals surface area contributed by atoms with E-state index >= 15 is 0 Å². The smallest absolute Gasteiger partial charge is 0.212 e. The molecule has 1 aliphatic rings. The van der Waals surface area contributed by atoms with Crippen LogP contribution in [-0.2, 0) is 15.8 Å². The molecule has 1 saturated heterocycles. The molecule has 1 aliphatic heterocycles. The van der Waals surface area contributed by atoms with Crippen molar-refractivity contribution in [3.05, 3.63) is 48.0 Å². The zero-order valence-electron chi connectivity index (χ0n) is 12.0. The van der Waals surface area contributed by atoms with Crippen LogP contribution in [-0.4, -0.2) is 40.8 Å². The number of piperidine rings is 1. The van der Waals surface area contributed by atoms with Gasteiger partial charge >= 0.3 is 0 Å². The predicted octanol–water partition coefficient (Wildman–Crippen LogP) is 1.58. The summed E-state index contributed by atoms with van der Waals surface area (Å²) in [6, 6.07) is 5.72. The van der Waals surface area contributed by atoms with E-state index in [4.69, 9.17) is 0 Å². The van der Waals surface area contributed by atoms with Gasteiger partial charge in [0.25, 0.3) is 0 Å². The van der Waals surface area contributed by atoms with Gasteiger partial charge in [-0.05, 0) is 30.5 Å². The first kappa shape index (κ1) is 15.1. The molecule has 0 radical (unpaired) electrons. The lowest BCUT2D eigenvalue weighted by atomic mass is 10.1. The van der Waals surface area contributed by atoms with E-state index in [1.54, 1.807) is 17.2 Å². The van der Waals surface area contributed by atoms with Crippen LogP contribution in [0.25, 0.3) is 0 Å². The molecule has 0 saturated carbocycles. The molecular formula is C14H17FN4O2S. The maximum atomic E-state index is 12.9. The van der Waals surface area contributed by atoms with Gasteiger partial charge in [0.1, 0.15) is 5.82 Å². The summed E-state index contributed by atoms with van der Waals surface area (Å²) < 4.78 is 39.2. The number of nitrogens with zero attached hydrogens (tertiary/aromatic N) is 4. The van der Waals surface area contributed by atoms with Crippen molar-refractivity contribution in [1.82, 2.24) is 19.3 Å². The molecular weight excluding hydrogens is 307 g/mol. The van der Waals surface area contributed by atoms with Crippen molar-refractivity contribution in [3.8, 4) is 0 Å². The Kier molecular flexibility index (Phi) is 4.21. The summed E-state index contributed by atoms with van der Waals surface area (Å²) in [5.41, 5.74) is 0.595. The van der Waals surface area contributed by atoms with Gasteiger partial charge in [-0.15, -0.1) is 0 Å². The Hall–Kier alpha value is -1.80. The molecule has 22 heavy (non-hydrogen) atoms. The second-order valence-corrected chi connectivity index (χ2v) is 7.33. The number of hydrogen-bond donors (Lipinski definition) is 0. The summed E-state index contributed by atoms with van der Waals surface area (Å²) in [6.07, 6.45) is 4.63. The molecule has 2 aromatic rings. The van der Waals surface area contributed by atoms with Gasteiger partial charge < -0.3 is 0 Å². The molecule has 0 bridgehead atoms. The van der Waals surface area contributed by atoms with Crippen LogP contribution in [0, 0.1) is 5.82 Å². The van der Waals surface area contributed by atoms with E-state index in [2.05, 4.69) is 10.2 Å². The van der Waals surface area contributed by atoms with Crippen LogP contribution in [0.3, 0.4) is 0 Å². The van der Waals surface area contributed by atoms with Crippen LogP contribution < -0.4 is 0 Å². The molecule has 0 atom stereocenters. The Morgan fingerprint density at radius 1 is 1.09 bits per heavy atom. The van der Waals surface area contributed by atoms with Crippen LogP contribution in [0.4, 0.5) is 4.39 Å². The molecule has 0 N–H and O–H groups in total. The highest BCUT2D eigenvalue weighted by molar-refractivity contribution is 7.88. The first-order chi connectivity index (χ1) is 10.5. The second-order valence-electron chi connectivity index (χ2n) is 5.36. The molecule has 3 rings (SSSR count). The van der Waals surface area contributed by atoms with Gasteiger partial charge in [-0.2, -0.15) is 15.0 Å². The summed E-state index contributed by atoms with van der Waals surface area (Å²) in [7, 11) is -3.38. The maximum absolute atomic E-state index is 12.9. The average molecular weight is 324 g/mol. The van der Waals surface area contributed by atoms with Gasteiger partial charge in [0.2, 0.25) is 10.0 Å². The zero-order chi connectivity index (χ0) is 15.6. The number of halogens is 1. The number of sulfonamides is 1. The van der Waals surface area contributed by atoms with E-state index < -0.39 is 10.0 Å². The lowest BCUT2D eigenvalue weighted by Crippen LogP contribution is -2.40. The number of hydrogen-bond acceptors (Lipinski definition) is 4. The van der Waals surface area contributed by atoms with Crippen molar-refractivity contribution in [1.29, 1.82) is 0 Å². The number of aromatic nitrogens is 3. The van der Waals surface area contributed by atoms with Gasteiger partial charge in [-0.25, -0.2) is 17.1 Å². The van der Waals surface area contributed by atoms with Gasteiger partial charge in [-0.1, -0.05) is 12.1 Å². The second kappa shape index (κ2) is 6.13. The van der Waals surface area contributed by atoms with E-state index in [9.17, 15) is 12.8 Å². The third-order valence-electron chi connectivity index (χ3n) is 3.84. The van der Waals surface area contributed by atoms with Gasteiger partial charge in [0.15, 0.2) is 0 Å². The molecule has 8 heteroatoms. The predicted molar refractivity (Wildman–Crippen MR) is 78.9 cm³/mol. The summed E-state index contributed by atoms with van der Waals surface area (Å²) in [4.78, 5) is 1.64. The molecule has 0 unspecified atom stereocenters. The van der Waals surface area contributed by atoms with E-state index in [1.165, 1.54) is 28.6 Å². The SMILES string of the molecule is O=S(=O)(Cc1ccc(F)cc1)N1CCC(n2nccn2)CC1. The monoisotopic (exact) mass is 324 g/mol. The largest absolute Gasteiger partial charge is 0.218 e. The van der Waals surface area contributed by atoms with Crippen LogP contribution in [0.1, 0.15) is 24.4 Å².